The molecule has 0 aromatic heterocycles. The molecule has 0 radical (unpaired) electrons. The zero-order valence-corrected chi connectivity index (χ0v) is 7.88. The number of amidine groups is 1. The molecule has 1 unspecified atom stereocenters. The van der Waals surface area contributed by atoms with E-state index in [1.165, 1.54) is 0 Å². The number of aliphatic imine (C=N–C) groups is 1. The molecule has 2 amide bonds. The fourth-order valence-corrected chi connectivity index (χ4v) is 1.80. The van der Waals surface area contributed by atoms with E-state index in [1.807, 2.05) is 0 Å². The summed E-state index contributed by atoms with van der Waals surface area (Å²) >= 11 is 0. The molecular formula is C9H13N3O2. The summed E-state index contributed by atoms with van der Waals surface area (Å²) in [7, 11) is 0. The molecular weight excluding hydrogens is 182 g/mol. The molecule has 0 saturated carbocycles. The molecule has 0 aromatic rings. The summed E-state index contributed by atoms with van der Waals surface area (Å²) in [5, 5.41) is 5.89. The van der Waals surface area contributed by atoms with Gasteiger partial charge in [0.2, 0.25) is 5.91 Å². The van der Waals surface area contributed by atoms with Gasteiger partial charge in [0, 0.05) is 12.5 Å². The first kappa shape index (κ1) is 9.33. The summed E-state index contributed by atoms with van der Waals surface area (Å²) in [5.41, 5.74) is 0. The van der Waals surface area contributed by atoms with Crippen molar-refractivity contribution in [1.29, 1.82) is 0 Å². The fraction of sp³-hybridized carbons (Fsp3) is 0.667. The third-order valence-electron chi connectivity index (χ3n) is 2.51. The molecule has 2 heterocycles. The molecule has 1 atom stereocenters. The lowest BCUT2D eigenvalue weighted by atomic mass is 9.97. The number of hydrogen-bond donors (Lipinski definition) is 2. The maximum atomic E-state index is 11.1. The minimum absolute atomic E-state index is 0.107. The summed E-state index contributed by atoms with van der Waals surface area (Å²) in [6.07, 6.45) is 1.94. The number of carbonyl (C=O) groups is 2. The first-order valence-corrected chi connectivity index (χ1v) is 4.87. The van der Waals surface area contributed by atoms with E-state index in [1.54, 1.807) is 0 Å². The fourth-order valence-electron chi connectivity index (χ4n) is 1.80. The molecule has 0 aliphatic carbocycles. The lowest BCUT2D eigenvalue weighted by molar-refractivity contribution is -0.127. The second kappa shape index (κ2) is 3.88. The Kier molecular flexibility index (Phi) is 2.58. The van der Waals surface area contributed by atoms with Crippen molar-refractivity contribution in [2.45, 2.75) is 19.3 Å². The van der Waals surface area contributed by atoms with Crippen LogP contribution in [0.4, 0.5) is 0 Å². The van der Waals surface area contributed by atoms with E-state index in [9.17, 15) is 9.59 Å². The van der Waals surface area contributed by atoms with E-state index in [-0.39, 0.29) is 24.2 Å². The third kappa shape index (κ3) is 1.98. The highest BCUT2D eigenvalue weighted by molar-refractivity contribution is 6.14. The average molecular weight is 195 g/mol. The Morgan fingerprint density at radius 3 is 2.86 bits per heavy atom. The van der Waals surface area contributed by atoms with Crippen molar-refractivity contribution in [3.63, 3.8) is 0 Å². The van der Waals surface area contributed by atoms with E-state index in [0.717, 1.165) is 25.9 Å². The largest absolute Gasteiger partial charge is 0.316 e. The predicted octanol–water partition coefficient (Wildman–Crippen LogP) is -0.569. The highest BCUT2D eigenvalue weighted by Gasteiger charge is 2.25. The lowest BCUT2D eigenvalue weighted by Crippen LogP contribution is -2.46. The Morgan fingerprint density at radius 2 is 2.21 bits per heavy atom. The summed E-state index contributed by atoms with van der Waals surface area (Å²) in [6.45, 7) is 1.80. The quantitative estimate of drug-likeness (QED) is 0.550. The van der Waals surface area contributed by atoms with Gasteiger partial charge in [-0.25, -0.2) is 0 Å². The zero-order valence-electron chi connectivity index (χ0n) is 7.88. The molecule has 2 rings (SSSR count). The molecule has 0 spiro atoms. The molecule has 1 saturated heterocycles. The first-order valence-electron chi connectivity index (χ1n) is 4.87. The molecule has 2 aliphatic rings. The van der Waals surface area contributed by atoms with Crippen molar-refractivity contribution >= 4 is 17.6 Å². The maximum absolute atomic E-state index is 11.1. The summed E-state index contributed by atoms with van der Waals surface area (Å²) in [6, 6.07) is 0. The van der Waals surface area contributed by atoms with E-state index >= 15 is 0 Å². The topological polar surface area (TPSA) is 70.6 Å². The number of carbonyl (C=O) groups excluding carboxylic acids is 2. The number of rotatable bonds is 1. The van der Waals surface area contributed by atoms with Crippen molar-refractivity contribution in [2.24, 2.45) is 10.9 Å². The molecule has 5 nitrogen and oxygen atoms in total. The van der Waals surface area contributed by atoms with Crippen LogP contribution in [0.3, 0.4) is 0 Å². The molecule has 2 aliphatic heterocycles. The van der Waals surface area contributed by atoms with Crippen molar-refractivity contribution in [1.82, 2.24) is 10.6 Å². The number of amides is 2. The Labute approximate surface area is 82.0 Å². The Hall–Kier alpha value is -1.23. The molecule has 0 aromatic carbocycles. The molecule has 14 heavy (non-hydrogen) atoms. The van der Waals surface area contributed by atoms with Crippen molar-refractivity contribution in [3.05, 3.63) is 0 Å². The van der Waals surface area contributed by atoms with Crippen LogP contribution in [0.1, 0.15) is 19.3 Å². The molecule has 0 bridgehead atoms. The van der Waals surface area contributed by atoms with E-state index < -0.39 is 0 Å². The maximum Gasteiger partial charge on any atom is 0.256 e. The SMILES string of the molecule is O=C1CC(=O)NC(C2CCCNC2)=N1. The van der Waals surface area contributed by atoms with Crippen molar-refractivity contribution < 1.29 is 9.59 Å². The van der Waals surface area contributed by atoms with Gasteiger partial charge in [-0.1, -0.05) is 0 Å². The van der Waals surface area contributed by atoms with E-state index in [4.69, 9.17) is 0 Å². The van der Waals surface area contributed by atoms with E-state index in [2.05, 4.69) is 15.6 Å². The van der Waals surface area contributed by atoms with Crippen LogP contribution in [-0.4, -0.2) is 30.7 Å². The summed E-state index contributed by atoms with van der Waals surface area (Å²) in [4.78, 5) is 26.0. The normalized spacial score (nSPS) is 28.3. The number of nitrogens with one attached hydrogen (secondary N) is 2. The number of nitrogens with zero attached hydrogens (tertiary/aromatic N) is 1. The van der Waals surface area contributed by atoms with Gasteiger partial charge < -0.3 is 10.6 Å². The molecule has 1 fully saturated rings. The van der Waals surface area contributed by atoms with Crippen LogP contribution in [0.5, 0.6) is 0 Å². The van der Waals surface area contributed by atoms with Crippen LogP contribution >= 0.6 is 0 Å². The van der Waals surface area contributed by atoms with Gasteiger partial charge in [-0.2, -0.15) is 4.99 Å². The van der Waals surface area contributed by atoms with Crippen LogP contribution < -0.4 is 10.6 Å². The second-order valence-electron chi connectivity index (χ2n) is 3.66. The van der Waals surface area contributed by atoms with Gasteiger partial charge in [-0.15, -0.1) is 0 Å². The second-order valence-corrected chi connectivity index (χ2v) is 3.66. The van der Waals surface area contributed by atoms with E-state index in [0.29, 0.717) is 5.84 Å². The summed E-state index contributed by atoms with van der Waals surface area (Å²) in [5.74, 6) is 0.190. The number of hydrogen-bond acceptors (Lipinski definition) is 3. The van der Waals surface area contributed by atoms with Gasteiger partial charge in [-0.3, -0.25) is 9.59 Å². The van der Waals surface area contributed by atoms with Gasteiger partial charge in [0.1, 0.15) is 12.3 Å². The van der Waals surface area contributed by atoms with Crippen molar-refractivity contribution in [3.8, 4) is 0 Å². The first-order chi connectivity index (χ1) is 6.75. The standard InChI is InChI=1S/C9H13N3O2/c13-7-4-8(14)12-9(11-7)6-2-1-3-10-5-6/h6,10H,1-5H2,(H,11,12,13,14). The molecule has 2 N–H and O–H groups in total. The monoisotopic (exact) mass is 195 g/mol. The number of piperidine rings is 1. The van der Waals surface area contributed by atoms with Crippen molar-refractivity contribution in [2.75, 3.05) is 13.1 Å². The van der Waals surface area contributed by atoms with Gasteiger partial charge in [-0.05, 0) is 19.4 Å². The Morgan fingerprint density at radius 1 is 1.36 bits per heavy atom. The minimum atomic E-state index is -0.325. The highest BCUT2D eigenvalue weighted by Crippen LogP contribution is 2.13. The van der Waals surface area contributed by atoms with Gasteiger partial charge in [0.25, 0.3) is 5.91 Å². The van der Waals surface area contributed by atoms with Gasteiger partial charge in [0.15, 0.2) is 0 Å². The minimum Gasteiger partial charge on any atom is -0.316 e. The summed E-state index contributed by atoms with van der Waals surface area (Å²) < 4.78 is 0. The lowest BCUT2D eigenvalue weighted by Gasteiger charge is -2.25. The molecule has 5 heteroatoms. The highest BCUT2D eigenvalue weighted by atomic mass is 16.2. The molecule has 76 valence electrons. The van der Waals surface area contributed by atoms with Crippen LogP contribution in [0.2, 0.25) is 0 Å². The zero-order chi connectivity index (χ0) is 9.97. The van der Waals surface area contributed by atoms with Crippen LogP contribution in [0, 0.1) is 5.92 Å². The average Bonchev–Trinajstić information content (AvgIpc) is 2.18. The van der Waals surface area contributed by atoms with Crippen LogP contribution in [-0.2, 0) is 9.59 Å². The van der Waals surface area contributed by atoms with Crippen LogP contribution in [0.15, 0.2) is 4.99 Å². The Bertz CT molecular complexity index is 292. The smallest absolute Gasteiger partial charge is 0.256 e. The van der Waals surface area contributed by atoms with Gasteiger partial charge in [0.05, 0.1) is 0 Å². The predicted molar refractivity (Wildman–Crippen MR) is 50.8 cm³/mol. The van der Waals surface area contributed by atoms with Gasteiger partial charge >= 0.3 is 0 Å². The van der Waals surface area contributed by atoms with Crippen LogP contribution in [0.25, 0.3) is 0 Å². The third-order valence-corrected chi connectivity index (χ3v) is 2.51. The Balaban J connectivity index is 2.08.